The van der Waals surface area contributed by atoms with Gasteiger partial charge in [-0.15, -0.1) is 11.8 Å². The van der Waals surface area contributed by atoms with Gasteiger partial charge in [0.05, 0.1) is 22.8 Å². The summed E-state index contributed by atoms with van der Waals surface area (Å²) in [7, 11) is -2.07. The number of benzene rings is 2. The number of sulfone groups is 1. The van der Waals surface area contributed by atoms with E-state index >= 15 is 0 Å². The summed E-state index contributed by atoms with van der Waals surface area (Å²) in [5, 5.41) is 5.88. The van der Waals surface area contributed by atoms with Gasteiger partial charge in [0.1, 0.15) is 0 Å². The molecule has 0 heterocycles. The highest BCUT2D eigenvalue weighted by molar-refractivity contribution is 7.98. The largest absolute Gasteiger partial charge is 0.416 e. The fourth-order valence-electron chi connectivity index (χ4n) is 5.13. The Balaban J connectivity index is 1.72. The summed E-state index contributed by atoms with van der Waals surface area (Å²) in [6.07, 6.45) is -0.816. The Morgan fingerprint density at radius 3 is 2.38 bits per heavy atom. The van der Waals surface area contributed by atoms with E-state index in [0.717, 1.165) is 29.5 Å². The van der Waals surface area contributed by atoms with E-state index in [1.165, 1.54) is 22.7 Å². The molecule has 0 saturated heterocycles. The number of carbonyl (C=O) groups is 2. The predicted octanol–water partition coefficient (Wildman–Crippen LogP) is 4.62. The minimum absolute atomic E-state index is 0.0967. The van der Waals surface area contributed by atoms with Gasteiger partial charge in [-0.25, -0.2) is 8.42 Å². The molecule has 1 aliphatic rings. The average Bonchev–Trinajstić information content (AvgIpc) is 2.90. The molecular weight excluding hydrogens is 563 g/mol. The Morgan fingerprint density at radius 1 is 1.10 bits per heavy atom. The van der Waals surface area contributed by atoms with E-state index in [-0.39, 0.29) is 40.3 Å². The first-order chi connectivity index (χ1) is 18.7. The molecule has 2 N–H and O–H groups in total. The zero-order valence-corrected chi connectivity index (χ0v) is 24.6. The van der Waals surface area contributed by atoms with Crippen LogP contribution in [-0.4, -0.2) is 68.9 Å². The van der Waals surface area contributed by atoms with Crippen molar-refractivity contribution in [1.82, 2.24) is 15.5 Å². The highest BCUT2D eigenvalue weighted by atomic mass is 32.2. The van der Waals surface area contributed by atoms with Gasteiger partial charge >= 0.3 is 6.18 Å². The van der Waals surface area contributed by atoms with E-state index in [9.17, 15) is 31.2 Å². The second kappa shape index (κ2) is 13.4. The fraction of sp³-hybridized carbons (Fsp3) is 0.500. The number of thioether (sulfide) groups is 1. The lowest BCUT2D eigenvalue weighted by Gasteiger charge is -2.41. The van der Waals surface area contributed by atoms with Crippen molar-refractivity contribution < 1.29 is 31.2 Å². The summed E-state index contributed by atoms with van der Waals surface area (Å²) in [6.45, 7) is 3.62. The number of hydrogen-bond donors (Lipinski definition) is 2. The highest BCUT2D eigenvalue weighted by Gasteiger charge is 2.38. The summed E-state index contributed by atoms with van der Waals surface area (Å²) in [5.41, 5.74) is -1.16. The minimum atomic E-state index is -4.60. The number of nitrogens with zero attached hydrogens (tertiary/aromatic N) is 1. The van der Waals surface area contributed by atoms with Crippen molar-refractivity contribution in [2.75, 3.05) is 25.6 Å². The Hall–Kier alpha value is -2.57. The molecule has 220 valence electrons. The molecule has 2 amide bonds. The minimum Gasteiger partial charge on any atom is -0.343 e. The number of hydrogen-bond acceptors (Lipinski definition) is 6. The van der Waals surface area contributed by atoms with Crippen molar-refractivity contribution in [3.63, 3.8) is 0 Å². The van der Waals surface area contributed by atoms with Crippen molar-refractivity contribution in [1.29, 1.82) is 0 Å². The summed E-state index contributed by atoms with van der Waals surface area (Å²) in [4.78, 5) is 28.2. The van der Waals surface area contributed by atoms with Crippen molar-refractivity contribution in [3.05, 3.63) is 59.7 Å². The van der Waals surface area contributed by atoms with Crippen molar-refractivity contribution in [2.45, 2.75) is 67.2 Å². The molecule has 3 atom stereocenters. The Kier molecular flexibility index (Phi) is 10.7. The van der Waals surface area contributed by atoms with Crippen LogP contribution in [0.25, 0.3) is 0 Å². The number of alkyl halides is 3. The zero-order valence-electron chi connectivity index (χ0n) is 23.0. The van der Waals surface area contributed by atoms with Crippen LogP contribution in [-0.2, 0) is 20.8 Å². The lowest BCUT2D eigenvalue weighted by Crippen LogP contribution is -2.52. The average molecular weight is 600 g/mol. The maximum Gasteiger partial charge on any atom is 0.416 e. The first kappa shape index (κ1) is 32.0. The van der Waals surface area contributed by atoms with Gasteiger partial charge < -0.3 is 15.5 Å². The molecule has 2 aromatic rings. The maximum absolute atomic E-state index is 13.4. The van der Waals surface area contributed by atoms with Crippen LogP contribution >= 0.6 is 11.8 Å². The van der Waals surface area contributed by atoms with Crippen LogP contribution in [0.15, 0.2) is 58.3 Å². The lowest BCUT2D eigenvalue weighted by molar-refractivity contribution is -0.137. The molecule has 40 heavy (non-hydrogen) atoms. The van der Waals surface area contributed by atoms with Gasteiger partial charge in [0.25, 0.3) is 5.91 Å². The summed E-state index contributed by atoms with van der Waals surface area (Å²) >= 11 is 1.52. The van der Waals surface area contributed by atoms with Gasteiger partial charge in [-0.2, -0.15) is 13.2 Å². The summed E-state index contributed by atoms with van der Waals surface area (Å²) in [6, 6.07) is 10.6. The van der Waals surface area contributed by atoms with E-state index in [1.807, 2.05) is 20.1 Å². The molecular formula is C28H36F3N3O4S2. The quantitative estimate of drug-likeness (QED) is 0.387. The van der Waals surface area contributed by atoms with Crippen LogP contribution in [0.1, 0.15) is 49.0 Å². The molecule has 1 saturated carbocycles. The maximum atomic E-state index is 13.4. The predicted molar refractivity (Wildman–Crippen MR) is 150 cm³/mol. The van der Waals surface area contributed by atoms with Crippen molar-refractivity contribution in [2.24, 2.45) is 5.92 Å². The van der Waals surface area contributed by atoms with Gasteiger partial charge in [0.15, 0.2) is 9.84 Å². The van der Waals surface area contributed by atoms with Crippen LogP contribution in [0.2, 0.25) is 0 Å². The van der Waals surface area contributed by atoms with Crippen LogP contribution in [0, 0.1) is 5.92 Å². The zero-order chi connectivity index (χ0) is 29.7. The number of nitrogens with one attached hydrogen (secondary N) is 2. The first-order valence-corrected chi connectivity index (χ1v) is 15.9. The topological polar surface area (TPSA) is 95.6 Å². The molecule has 7 nitrogen and oxygen atoms in total. The van der Waals surface area contributed by atoms with E-state index < -0.39 is 39.9 Å². The third-order valence-electron chi connectivity index (χ3n) is 7.11. The number of amides is 2. The SMILES string of the molecule is CSc1ccc(S(=O)(=O)C[C@H]2C[C@@H](NC(C)C)CC[C@@H]2N(C)C(=O)CNC(=O)c2cccc(C(F)(F)F)c2)cc1. The van der Waals surface area contributed by atoms with Crippen LogP contribution < -0.4 is 10.6 Å². The second-order valence-electron chi connectivity index (χ2n) is 10.4. The van der Waals surface area contributed by atoms with Crippen molar-refractivity contribution in [3.8, 4) is 0 Å². The Morgan fingerprint density at radius 2 is 1.77 bits per heavy atom. The first-order valence-electron chi connectivity index (χ1n) is 13.0. The molecule has 0 unspecified atom stereocenters. The van der Waals surface area contributed by atoms with Crippen LogP contribution in [0.3, 0.4) is 0 Å². The highest BCUT2D eigenvalue weighted by Crippen LogP contribution is 2.32. The van der Waals surface area contributed by atoms with Crippen LogP contribution in [0.5, 0.6) is 0 Å². The van der Waals surface area contributed by atoms with Gasteiger partial charge in [-0.3, -0.25) is 9.59 Å². The van der Waals surface area contributed by atoms with E-state index in [1.54, 1.807) is 31.3 Å². The fourth-order valence-corrected chi connectivity index (χ4v) is 7.20. The number of halogens is 3. The van der Waals surface area contributed by atoms with Gasteiger partial charge in [-0.05, 0) is 73.9 Å². The molecule has 0 bridgehead atoms. The lowest BCUT2D eigenvalue weighted by atomic mass is 9.81. The molecule has 1 fully saturated rings. The molecule has 2 aromatic carbocycles. The molecule has 0 aliphatic heterocycles. The third kappa shape index (κ3) is 8.47. The van der Waals surface area contributed by atoms with Gasteiger partial charge in [0.2, 0.25) is 5.91 Å². The molecule has 0 spiro atoms. The normalized spacial score (nSPS) is 19.9. The Labute approximate surface area is 238 Å². The Bertz CT molecular complexity index is 1280. The standard InChI is InChI=1S/C28H36F3N3O4S2/c1-18(2)33-22-8-13-25(20(15-22)17-40(37,38)24-11-9-23(39-4)10-12-24)34(3)26(35)16-32-27(36)19-6-5-7-21(14-19)28(29,30)31/h5-7,9-12,14,18,20,22,25,33H,8,13,15-17H2,1-4H3,(H,32,36)/t20-,22+,25+/m1/s1. The second-order valence-corrected chi connectivity index (χ2v) is 13.3. The molecule has 12 heteroatoms. The van der Waals surface area contributed by atoms with Gasteiger partial charge in [0, 0.05) is 35.6 Å². The van der Waals surface area contributed by atoms with Crippen molar-refractivity contribution >= 4 is 33.4 Å². The summed E-state index contributed by atoms with van der Waals surface area (Å²) < 4.78 is 65.8. The van der Waals surface area contributed by atoms with Gasteiger partial charge in [-0.1, -0.05) is 19.9 Å². The smallest absolute Gasteiger partial charge is 0.343 e. The van der Waals surface area contributed by atoms with E-state index in [0.29, 0.717) is 12.8 Å². The number of likely N-dealkylation sites (N-methyl/N-ethyl adjacent to an activating group) is 1. The number of carbonyl (C=O) groups excluding carboxylic acids is 2. The molecule has 0 aromatic heterocycles. The third-order valence-corrected chi connectivity index (χ3v) is 9.71. The molecule has 0 radical (unpaired) electrons. The molecule has 1 aliphatic carbocycles. The van der Waals surface area contributed by atoms with Crippen LogP contribution in [0.4, 0.5) is 13.2 Å². The summed E-state index contributed by atoms with van der Waals surface area (Å²) in [5.74, 6) is -1.75. The molecule has 3 rings (SSSR count). The monoisotopic (exact) mass is 599 g/mol. The van der Waals surface area contributed by atoms with E-state index in [2.05, 4.69) is 10.6 Å². The van der Waals surface area contributed by atoms with E-state index in [4.69, 9.17) is 0 Å². The number of rotatable bonds is 10.